The first-order valence-electron chi connectivity index (χ1n) is 11.4. The number of carbonyl (C=O) groups is 1. The Morgan fingerprint density at radius 2 is 1.78 bits per heavy atom. The van der Waals surface area contributed by atoms with Crippen LogP contribution in [0.2, 0.25) is 0 Å². The van der Waals surface area contributed by atoms with Crippen LogP contribution >= 0.6 is 11.3 Å². The van der Waals surface area contributed by atoms with Crippen molar-refractivity contribution in [1.29, 1.82) is 0 Å². The van der Waals surface area contributed by atoms with Gasteiger partial charge in [0.2, 0.25) is 0 Å². The van der Waals surface area contributed by atoms with Crippen LogP contribution in [-0.2, 0) is 0 Å². The van der Waals surface area contributed by atoms with E-state index in [4.69, 9.17) is 0 Å². The smallest absolute Gasteiger partial charge is 0.252 e. The highest BCUT2D eigenvalue weighted by Gasteiger charge is 2.23. The summed E-state index contributed by atoms with van der Waals surface area (Å²) in [4.78, 5) is 15.6. The highest BCUT2D eigenvalue weighted by molar-refractivity contribution is 7.25. The molecule has 3 aromatic carbocycles. The molecule has 0 saturated heterocycles. The van der Waals surface area contributed by atoms with E-state index in [2.05, 4.69) is 89.9 Å². The second kappa shape index (κ2) is 9.27. The number of amides is 1. The topological polar surface area (TPSA) is 32.3 Å². The van der Waals surface area contributed by atoms with Gasteiger partial charge in [-0.15, -0.1) is 11.3 Å². The minimum atomic E-state index is 0.0125. The molecule has 4 heteroatoms. The number of hydrogen-bond acceptors (Lipinski definition) is 3. The number of benzene rings is 3. The Labute approximate surface area is 193 Å². The summed E-state index contributed by atoms with van der Waals surface area (Å²) in [6, 6.07) is 25.1. The molecule has 1 aromatic heterocycles. The highest BCUT2D eigenvalue weighted by Crippen LogP contribution is 2.34. The summed E-state index contributed by atoms with van der Waals surface area (Å²) in [6.07, 6.45) is 5.36. The van der Waals surface area contributed by atoms with Crippen LogP contribution in [-0.4, -0.2) is 30.1 Å². The Morgan fingerprint density at radius 3 is 2.56 bits per heavy atom. The average Bonchev–Trinajstić information content (AvgIpc) is 3.22. The van der Waals surface area contributed by atoms with Crippen molar-refractivity contribution in [2.45, 2.75) is 32.4 Å². The van der Waals surface area contributed by atoms with E-state index in [1.165, 1.54) is 31.3 Å². The Balaban J connectivity index is 1.33. The third-order valence-corrected chi connectivity index (χ3v) is 7.48. The molecule has 0 bridgehead atoms. The van der Waals surface area contributed by atoms with E-state index in [-0.39, 0.29) is 12.1 Å². The van der Waals surface area contributed by atoms with Crippen LogP contribution in [0.25, 0.3) is 25.7 Å². The van der Waals surface area contributed by atoms with Gasteiger partial charge in [0.25, 0.3) is 5.91 Å². The van der Waals surface area contributed by atoms with Crippen molar-refractivity contribution >= 4 is 43.0 Å². The number of carbonyl (C=O) groups excluding carboxylic acids is 1. The zero-order valence-corrected chi connectivity index (χ0v) is 19.2. The van der Waals surface area contributed by atoms with Crippen molar-refractivity contribution in [3.05, 3.63) is 90.0 Å². The fourth-order valence-electron chi connectivity index (χ4n) is 4.60. The summed E-state index contributed by atoms with van der Waals surface area (Å²) in [5, 5.41) is 5.71. The van der Waals surface area contributed by atoms with Gasteiger partial charge in [-0.05, 0) is 48.2 Å². The third-order valence-electron chi connectivity index (χ3n) is 6.32. The second-order valence-corrected chi connectivity index (χ2v) is 9.51. The van der Waals surface area contributed by atoms with Gasteiger partial charge >= 0.3 is 0 Å². The lowest BCUT2D eigenvalue weighted by Gasteiger charge is -2.34. The van der Waals surface area contributed by atoms with E-state index in [0.717, 1.165) is 37.9 Å². The maximum Gasteiger partial charge on any atom is 0.252 e. The summed E-state index contributed by atoms with van der Waals surface area (Å²) >= 11 is 1.78. The molecule has 3 nitrogen and oxygen atoms in total. The van der Waals surface area contributed by atoms with E-state index in [0.29, 0.717) is 0 Å². The fraction of sp³-hybridized carbons (Fsp3) is 0.250. The quantitative estimate of drug-likeness (QED) is 0.362. The summed E-state index contributed by atoms with van der Waals surface area (Å²) < 4.78 is 2.49. The van der Waals surface area contributed by atoms with Crippen molar-refractivity contribution in [3.8, 4) is 0 Å². The summed E-state index contributed by atoms with van der Waals surface area (Å²) in [5.74, 6) is 0.0125. The number of thiophene rings is 1. The molecule has 1 aliphatic rings. The van der Waals surface area contributed by atoms with Gasteiger partial charge in [0.05, 0.1) is 6.17 Å². The van der Waals surface area contributed by atoms with Gasteiger partial charge in [-0.1, -0.05) is 68.0 Å². The van der Waals surface area contributed by atoms with Gasteiger partial charge in [-0.3, -0.25) is 9.69 Å². The van der Waals surface area contributed by atoms with Crippen molar-refractivity contribution < 1.29 is 4.79 Å². The van der Waals surface area contributed by atoms with E-state index >= 15 is 0 Å². The average molecular weight is 441 g/mol. The van der Waals surface area contributed by atoms with Gasteiger partial charge in [-0.2, -0.15) is 0 Å². The number of nitrogens with zero attached hydrogens (tertiary/aromatic N) is 1. The molecule has 0 fully saturated rings. The zero-order chi connectivity index (χ0) is 21.9. The third kappa shape index (κ3) is 4.21. The molecule has 0 aliphatic carbocycles. The predicted molar refractivity (Wildman–Crippen MR) is 136 cm³/mol. The molecule has 4 aromatic rings. The van der Waals surface area contributed by atoms with E-state index in [1.807, 2.05) is 6.07 Å². The normalized spacial score (nSPS) is 15.6. The standard InChI is InChI=1S/C28H28N2OS/c1-2-8-27(30-17-15-21(16-18-30)20-9-4-3-5-10-20)29-28(31)22-13-14-26-24(19-22)23-11-6-7-12-25(23)32-26/h3-7,9-15,19,27H,2,8,16-18H2,1H3,(H,29,31). The number of rotatable bonds is 6. The van der Waals surface area contributed by atoms with Gasteiger partial charge in [-0.25, -0.2) is 0 Å². The van der Waals surface area contributed by atoms with Gasteiger partial charge < -0.3 is 5.32 Å². The predicted octanol–water partition coefficient (Wildman–Crippen LogP) is 6.70. The number of hydrogen-bond donors (Lipinski definition) is 1. The van der Waals surface area contributed by atoms with Crippen LogP contribution in [0.5, 0.6) is 0 Å². The Bertz CT molecular complexity index is 1270. The second-order valence-electron chi connectivity index (χ2n) is 8.43. The van der Waals surface area contributed by atoms with Gasteiger partial charge in [0.15, 0.2) is 0 Å². The molecular formula is C28H28N2OS. The maximum absolute atomic E-state index is 13.2. The van der Waals surface area contributed by atoms with Crippen molar-refractivity contribution in [3.63, 3.8) is 0 Å². The lowest BCUT2D eigenvalue weighted by molar-refractivity contribution is 0.0849. The van der Waals surface area contributed by atoms with E-state index in [1.54, 1.807) is 11.3 Å². The fourth-order valence-corrected chi connectivity index (χ4v) is 5.69. The van der Waals surface area contributed by atoms with E-state index < -0.39 is 0 Å². The number of nitrogens with one attached hydrogen (secondary N) is 1. The maximum atomic E-state index is 13.2. The molecule has 5 rings (SSSR count). The first kappa shape index (κ1) is 20.9. The van der Waals surface area contributed by atoms with Crippen molar-refractivity contribution in [2.75, 3.05) is 13.1 Å². The molecule has 1 N–H and O–H groups in total. The van der Waals surface area contributed by atoms with Crippen molar-refractivity contribution in [1.82, 2.24) is 10.2 Å². The van der Waals surface area contributed by atoms with Crippen LogP contribution in [0, 0.1) is 0 Å². The van der Waals surface area contributed by atoms with Crippen LogP contribution in [0.1, 0.15) is 42.1 Å². The first-order valence-corrected chi connectivity index (χ1v) is 12.3. The van der Waals surface area contributed by atoms with Crippen molar-refractivity contribution in [2.24, 2.45) is 0 Å². The zero-order valence-electron chi connectivity index (χ0n) is 18.4. The molecule has 1 unspecified atom stereocenters. The number of fused-ring (bicyclic) bond motifs is 3. The Hall–Kier alpha value is -2.95. The molecule has 1 atom stereocenters. The minimum Gasteiger partial charge on any atom is -0.336 e. The van der Waals surface area contributed by atoms with Crippen LogP contribution in [0.4, 0.5) is 0 Å². The molecule has 0 radical (unpaired) electrons. The molecule has 1 amide bonds. The summed E-state index contributed by atoms with van der Waals surface area (Å²) in [5.41, 5.74) is 3.44. The Kier molecular flexibility index (Phi) is 6.06. The van der Waals surface area contributed by atoms with Crippen LogP contribution in [0.3, 0.4) is 0 Å². The molecule has 2 heterocycles. The Morgan fingerprint density at radius 1 is 1.00 bits per heavy atom. The largest absolute Gasteiger partial charge is 0.336 e. The SMILES string of the molecule is CCCC(NC(=O)c1ccc2sc3ccccc3c2c1)N1CC=C(c2ccccc2)CC1. The monoisotopic (exact) mass is 440 g/mol. The molecule has 0 spiro atoms. The lowest BCUT2D eigenvalue weighted by Crippen LogP contribution is -2.49. The first-order chi connectivity index (χ1) is 15.7. The molecule has 32 heavy (non-hydrogen) atoms. The molecular weight excluding hydrogens is 412 g/mol. The molecule has 1 aliphatic heterocycles. The highest BCUT2D eigenvalue weighted by atomic mass is 32.1. The summed E-state index contributed by atoms with van der Waals surface area (Å²) in [6.45, 7) is 4.00. The van der Waals surface area contributed by atoms with Crippen LogP contribution < -0.4 is 5.32 Å². The summed E-state index contributed by atoms with van der Waals surface area (Å²) in [7, 11) is 0. The lowest BCUT2D eigenvalue weighted by atomic mass is 9.99. The molecule has 0 saturated carbocycles. The van der Waals surface area contributed by atoms with E-state index in [9.17, 15) is 4.79 Å². The molecule has 162 valence electrons. The van der Waals surface area contributed by atoms with Gasteiger partial charge in [0, 0.05) is 38.8 Å². The van der Waals surface area contributed by atoms with Crippen LogP contribution in [0.15, 0.2) is 78.9 Å². The minimum absolute atomic E-state index is 0.0125. The van der Waals surface area contributed by atoms with Gasteiger partial charge in [0.1, 0.15) is 0 Å².